The van der Waals surface area contributed by atoms with Gasteiger partial charge in [0.2, 0.25) is 0 Å². The van der Waals surface area contributed by atoms with Crippen LogP contribution in [0, 0.1) is 13.8 Å². The summed E-state index contributed by atoms with van der Waals surface area (Å²) in [7, 11) is -1.41. The Labute approximate surface area is 140 Å². The number of nitrogens with zero attached hydrogens (tertiary/aromatic N) is 4. The lowest BCUT2D eigenvalue weighted by Gasteiger charge is -2.10. The average molecular weight is 345 g/mol. The van der Waals surface area contributed by atoms with E-state index in [1.54, 1.807) is 23.9 Å². The molecule has 2 heterocycles. The maximum absolute atomic E-state index is 11.9. The van der Waals surface area contributed by atoms with Gasteiger partial charge in [-0.2, -0.15) is 5.10 Å². The van der Waals surface area contributed by atoms with Gasteiger partial charge in [-0.3, -0.25) is 4.68 Å². The maximum Gasteiger partial charge on any atom is 0.175 e. The molecule has 0 aliphatic carbocycles. The second kappa shape index (κ2) is 5.86. The summed E-state index contributed by atoms with van der Waals surface area (Å²) in [6.07, 6.45) is 2.94. The monoisotopic (exact) mass is 345 g/mol. The molecule has 3 rings (SSSR count). The summed E-state index contributed by atoms with van der Waals surface area (Å²) in [6, 6.07) is 5.43. The number of anilines is 1. The van der Waals surface area contributed by atoms with Gasteiger partial charge < -0.3 is 5.32 Å². The van der Waals surface area contributed by atoms with Gasteiger partial charge in [0.05, 0.1) is 16.5 Å². The van der Waals surface area contributed by atoms with Crippen molar-refractivity contribution in [3.63, 3.8) is 0 Å². The average Bonchev–Trinajstić information content (AvgIpc) is 2.86. The Bertz CT molecular complexity index is 1020. The summed E-state index contributed by atoms with van der Waals surface area (Å²) in [5.74, 6) is 1.33. The molecule has 126 valence electrons. The fourth-order valence-electron chi connectivity index (χ4n) is 2.61. The van der Waals surface area contributed by atoms with Crippen LogP contribution in [0.25, 0.3) is 11.0 Å². The van der Waals surface area contributed by atoms with Crippen molar-refractivity contribution in [3.8, 4) is 0 Å². The van der Waals surface area contributed by atoms with E-state index in [4.69, 9.17) is 0 Å². The summed E-state index contributed by atoms with van der Waals surface area (Å²) in [4.78, 5) is 9.16. The Balaban J connectivity index is 1.92. The van der Waals surface area contributed by atoms with Crippen molar-refractivity contribution in [2.75, 3.05) is 11.6 Å². The first-order valence-corrected chi connectivity index (χ1v) is 9.34. The molecule has 0 bridgehead atoms. The minimum atomic E-state index is -3.24. The van der Waals surface area contributed by atoms with Gasteiger partial charge in [0.25, 0.3) is 0 Å². The third kappa shape index (κ3) is 3.09. The number of aromatic nitrogens is 4. The highest BCUT2D eigenvalue weighted by molar-refractivity contribution is 7.90. The molecule has 3 aromatic rings. The number of fused-ring (bicyclic) bond motifs is 1. The van der Waals surface area contributed by atoms with Gasteiger partial charge in [-0.25, -0.2) is 18.4 Å². The van der Waals surface area contributed by atoms with E-state index in [-0.39, 0.29) is 0 Å². The first-order chi connectivity index (χ1) is 11.3. The zero-order chi connectivity index (χ0) is 17.5. The second-order valence-electron chi connectivity index (χ2n) is 5.85. The van der Waals surface area contributed by atoms with Crippen LogP contribution >= 0.6 is 0 Å². The van der Waals surface area contributed by atoms with Crippen molar-refractivity contribution in [1.82, 2.24) is 19.7 Å². The molecule has 1 aromatic carbocycles. The van der Waals surface area contributed by atoms with E-state index in [1.165, 1.54) is 6.26 Å². The van der Waals surface area contributed by atoms with E-state index >= 15 is 0 Å². The molecule has 0 spiro atoms. The van der Waals surface area contributed by atoms with Crippen LogP contribution in [0.5, 0.6) is 0 Å². The van der Waals surface area contributed by atoms with Crippen LogP contribution in [-0.4, -0.2) is 34.4 Å². The summed E-state index contributed by atoms with van der Waals surface area (Å²) in [6.45, 7) is 4.08. The molecule has 0 saturated carbocycles. The molecule has 2 aromatic heterocycles. The largest absolute Gasteiger partial charge is 0.365 e. The first kappa shape index (κ1) is 16.4. The molecule has 0 atom stereocenters. The zero-order valence-corrected chi connectivity index (χ0v) is 14.8. The highest BCUT2D eigenvalue weighted by atomic mass is 32.2. The smallest absolute Gasteiger partial charge is 0.175 e. The van der Waals surface area contributed by atoms with Crippen molar-refractivity contribution in [1.29, 1.82) is 0 Å². The second-order valence-corrected chi connectivity index (χ2v) is 7.83. The van der Waals surface area contributed by atoms with Crippen molar-refractivity contribution in [3.05, 3.63) is 41.3 Å². The predicted molar refractivity (Wildman–Crippen MR) is 92.7 cm³/mol. The number of benzene rings is 1. The van der Waals surface area contributed by atoms with Crippen molar-refractivity contribution < 1.29 is 8.42 Å². The minimum Gasteiger partial charge on any atom is -0.365 e. The van der Waals surface area contributed by atoms with Crippen molar-refractivity contribution in [2.24, 2.45) is 7.05 Å². The van der Waals surface area contributed by atoms with Crippen molar-refractivity contribution >= 4 is 26.7 Å². The molecule has 0 amide bonds. The van der Waals surface area contributed by atoms with E-state index in [1.807, 2.05) is 26.1 Å². The third-order valence-corrected chi connectivity index (χ3v) is 5.05. The lowest BCUT2D eigenvalue weighted by Crippen LogP contribution is -2.06. The SMILES string of the molecule is Cc1nc(NCc2ccc(C)c(S(C)(=O)=O)c2)c2cnn(C)c2n1. The Morgan fingerprint density at radius 3 is 2.67 bits per heavy atom. The molecule has 0 aliphatic rings. The third-order valence-electron chi connectivity index (χ3n) is 3.82. The van der Waals surface area contributed by atoms with Crippen LogP contribution < -0.4 is 5.32 Å². The number of hydrogen-bond acceptors (Lipinski definition) is 6. The van der Waals surface area contributed by atoms with E-state index < -0.39 is 9.84 Å². The lowest BCUT2D eigenvalue weighted by atomic mass is 10.1. The van der Waals surface area contributed by atoms with E-state index in [0.717, 1.165) is 22.2 Å². The van der Waals surface area contributed by atoms with Gasteiger partial charge in [-0.15, -0.1) is 0 Å². The molecular formula is C16H19N5O2S. The van der Waals surface area contributed by atoms with Crippen LogP contribution in [0.2, 0.25) is 0 Å². The fraction of sp³-hybridized carbons (Fsp3) is 0.312. The summed E-state index contributed by atoms with van der Waals surface area (Å²) in [5.41, 5.74) is 2.37. The van der Waals surface area contributed by atoms with Gasteiger partial charge in [-0.05, 0) is 31.0 Å². The molecule has 1 N–H and O–H groups in total. The van der Waals surface area contributed by atoms with E-state index in [9.17, 15) is 8.42 Å². The molecule has 0 saturated heterocycles. The number of nitrogens with one attached hydrogen (secondary N) is 1. The molecule has 0 aliphatic heterocycles. The lowest BCUT2D eigenvalue weighted by molar-refractivity contribution is 0.601. The molecule has 24 heavy (non-hydrogen) atoms. The highest BCUT2D eigenvalue weighted by Crippen LogP contribution is 2.21. The maximum atomic E-state index is 11.9. The summed E-state index contributed by atoms with van der Waals surface area (Å²) < 4.78 is 25.4. The molecule has 0 unspecified atom stereocenters. The number of sulfone groups is 1. The van der Waals surface area contributed by atoms with Crippen molar-refractivity contribution in [2.45, 2.75) is 25.3 Å². The van der Waals surface area contributed by atoms with E-state index in [2.05, 4.69) is 20.4 Å². The highest BCUT2D eigenvalue weighted by Gasteiger charge is 2.13. The Morgan fingerprint density at radius 2 is 1.96 bits per heavy atom. The topological polar surface area (TPSA) is 89.8 Å². The van der Waals surface area contributed by atoms with Gasteiger partial charge in [0.15, 0.2) is 15.5 Å². The molecule has 0 fully saturated rings. The first-order valence-electron chi connectivity index (χ1n) is 7.45. The minimum absolute atomic E-state index is 0.354. The van der Waals surface area contributed by atoms with Crippen LogP contribution in [-0.2, 0) is 23.4 Å². The van der Waals surface area contributed by atoms with Crippen LogP contribution in [0.4, 0.5) is 5.82 Å². The number of rotatable bonds is 4. The molecule has 8 heteroatoms. The van der Waals surface area contributed by atoms with Gasteiger partial charge in [-0.1, -0.05) is 12.1 Å². The Kier molecular flexibility index (Phi) is 4.00. The van der Waals surface area contributed by atoms with Gasteiger partial charge in [0.1, 0.15) is 11.6 Å². The molecular weight excluding hydrogens is 326 g/mol. The number of hydrogen-bond donors (Lipinski definition) is 1. The van der Waals surface area contributed by atoms with E-state index in [0.29, 0.717) is 23.1 Å². The van der Waals surface area contributed by atoms with Gasteiger partial charge >= 0.3 is 0 Å². The summed E-state index contributed by atoms with van der Waals surface area (Å²) in [5, 5.41) is 8.29. The van der Waals surface area contributed by atoms with Gasteiger partial charge in [0, 0.05) is 19.8 Å². The Hall–Kier alpha value is -2.48. The van der Waals surface area contributed by atoms with Crippen LogP contribution in [0.1, 0.15) is 17.0 Å². The normalized spacial score (nSPS) is 11.8. The molecule has 7 nitrogen and oxygen atoms in total. The van der Waals surface area contributed by atoms with Crippen LogP contribution in [0.15, 0.2) is 29.3 Å². The molecule has 0 radical (unpaired) electrons. The quantitative estimate of drug-likeness (QED) is 0.778. The Morgan fingerprint density at radius 1 is 1.21 bits per heavy atom. The fourth-order valence-corrected chi connectivity index (χ4v) is 3.62. The zero-order valence-electron chi connectivity index (χ0n) is 14.0. The predicted octanol–water partition coefficient (Wildman–Crippen LogP) is 2.00. The number of aryl methyl sites for hydroxylation is 3. The van der Waals surface area contributed by atoms with Crippen LogP contribution in [0.3, 0.4) is 0 Å². The standard InChI is InChI=1S/C16H19N5O2S/c1-10-5-6-12(7-14(10)24(4,22)23)8-17-15-13-9-18-21(3)16(13)20-11(2)19-15/h5-7,9H,8H2,1-4H3,(H,17,19,20). The summed E-state index contributed by atoms with van der Waals surface area (Å²) >= 11 is 0.